The van der Waals surface area contributed by atoms with Gasteiger partial charge in [0, 0.05) is 5.38 Å². The van der Waals surface area contributed by atoms with Crippen LogP contribution in [0, 0.1) is 10.1 Å². The van der Waals surface area contributed by atoms with Crippen LogP contribution in [0.5, 0.6) is 0 Å². The number of aliphatic carboxylic acids is 1. The van der Waals surface area contributed by atoms with Crippen LogP contribution in [0.4, 0.5) is 5.82 Å². The summed E-state index contributed by atoms with van der Waals surface area (Å²) in [5.41, 5.74) is 0. The molecule has 0 aromatic carbocycles. The summed E-state index contributed by atoms with van der Waals surface area (Å²) in [5, 5.41) is 32.4. The summed E-state index contributed by atoms with van der Waals surface area (Å²) in [6.45, 7) is -0.439. The van der Waals surface area contributed by atoms with Gasteiger partial charge in [-0.15, -0.1) is 5.10 Å². The maximum atomic E-state index is 11.2. The molecule has 3 heterocycles. The number of imidazole rings is 1. The number of carbonyl (C=O) groups is 1. The predicted molar refractivity (Wildman–Crippen MR) is 69.3 cm³/mol. The van der Waals surface area contributed by atoms with Crippen molar-refractivity contribution in [3.8, 4) is 0 Å². The standard InChI is InChI=1S/C8H5N7O4S2/c16-4(17)3-14-8(10-11-12-14)21-5-6(15(18)19)13-1-2-20-7(13)9-5/h1-2H,3H2,(H,16,17). The third kappa shape index (κ3) is 2.43. The number of fused-ring (bicyclic) bond motifs is 1. The molecule has 0 saturated carbocycles. The zero-order valence-electron chi connectivity index (χ0n) is 9.98. The second-order valence-corrected chi connectivity index (χ2v) is 5.50. The van der Waals surface area contributed by atoms with E-state index in [1.165, 1.54) is 21.9 Å². The summed E-state index contributed by atoms with van der Waals surface area (Å²) in [7, 11) is 0. The monoisotopic (exact) mass is 327 g/mol. The minimum Gasteiger partial charge on any atom is -0.480 e. The van der Waals surface area contributed by atoms with Gasteiger partial charge in [-0.3, -0.25) is 4.79 Å². The Labute approximate surface area is 123 Å². The molecule has 0 atom stereocenters. The Morgan fingerprint density at radius 2 is 2.38 bits per heavy atom. The Morgan fingerprint density at radius 3 is 3.10 bits per heavy atom. The number of nitrogens with zero attached hydrogens (tertiary/aromatic N) is 7. The molecule has 3 rings (SSSR count). The highest BCUT2D eigenvalue weighted by molar-refractivity contribution is 7.99. The van der Waals surface area contributed by atoms with Crippen LogP contribution in [-0.2, 0) is 11.3 Å². The topological polar surface area (TPSA) is 141 Å². The number of tetrazole rings is 1. The Morgan fingerprint density at radius 1 is 1.57 bits per heavy atom. The number of carboxylic acid groups (broad SMARTS) is 1. The maximum absolute atomic E-state index is 11.2. The highest BCUT2D eigenvalue weighted by atomic mass is 32.2. The second-order valence-electron chi connectivity index (χ2n) is 3.67. The minimum atomic E-state index is -1.12. The van der Waals surface area contributed by atoms with Gasteiger partial charge in [-0.2, -0.15) is 9.38 Å². The maximum Gasteiger partial charge on any atom is 0.363 e. The van der Waals surface area contributed by atoms with E-state index in [-0.39, 0.29) is 16.0 Å². The lowest BCUT2D eigenvalue weighted by Crippen LogP contribution is -2.11. The van der Waals surface area contributed by atoms with Crippen LogP contribution in [0.2, 0.25) is 0 Å². The van der Waals surface area contributed by atoms with Crippen LogP contribution in [0.25, 0.3) is 4.96 Å². The third-order valence-corrected chi connectivity index (χ3v) is 4.05. The Hall–Kier alpha value is -2.54. The van der Waals surface area contributed by atoms with Crippen LogP contribution in [-0.4, -0.2) is 45.6 Å². The van der Waals surface area contributed by atoms with E-state index < -0.39 is 17.4 Å². The van der Waals surface area contributed by atoms with Crippen molar-refractivity contribution in [3.05, 3.63) is 21.7 Å². The largest absolute Gasteiger partial charge is 0.480 e. The van der Waals surface area contributed by atoms with E-state index in [1.807, 2.05) is 0 Å². The van der Waals surface area contributed by atoms with Crippen molar-refractivity contribution < 1.29 is 14.8 Å². The lowest BCUT2D eigenvalue weighted by Gasteiger charge is -1.99. The summed E-state index contributed by atoms with van der Waals surface area (Å²) < 4.78 is 2.38. The van der Waals surface area contributed by atoms with Gasteiger partial charge in [0.1, 0.15) is 12.7 Å². The molecular weight excluding hydrogens is 322 g/mol. The molecule has 0 aliphatic rings. The first kappa shape index (κ1) is 13.4. The van der Waals surface area contributed by atoms with Crippen molar-refractivity contribution >= 4 is 39.8 Å². The molecular formula is C8H5N7O4S2. The van der Waals surface area contributed by atoms with E-state index in [1.54, 1.807) is 5.38 Å². The Bertz CT molecular complexity index is 837. The van der Waals surface area contributed by atoms with Crippen LogP contribution < -0.4 is 0 Å². The number of hydrogen-bond donors (Lipinski definition) is 1. The zero-order chi connectivity index (χ0) is 15.0. The summed E-state index contributed by atoms with van der Waals surface area (Å²) in [5.74, 6) is -1.33. The molecule has 1 N–H and O–H groups in total. The molecule has 0 radical (unpaired) electrons. The fourth-order valence-electron chi connectivity index (χ4n) is 1.57. The molecule has 3 aromatic rings. The molecule has 11 nitrogen and oxygen atoms in total. The van der Waals surface area contributed by atoms with Crippen molar-refractivity contribution in [2.45, 2.75) is 16.7 Å². The number of rotatable bonds is 5. The number of hydrogen-bond acceptors (Lipinski definition) is 9. The quantitative estimate of drug-likeness (QED) is 0.524. The van der Waals surface area contributed by atoms with Gasteiger partial charge in [-0.25, -0.2) is 4.68 Å². The SMILES string of the molecule is O=C(O)Cn1nnnc1Sc1nc2sccn2c1[N+](=O)[O-]. The smallest absolute Gasteiger partial charge is 0.363 e. The Kier molecular flexibility index (Phi) is 3.26. The van der Waals surface area contributed by atoms with E-state index in [4.69, 9.17) is 5.11 Å². The summed E-state index contributed by atoms with van der Waals surface area (Å²) in [6.07, 6.45) is 1.54. The van der Waals surface area contributed by atoms with Gasteiger partial charge in [0.15, 0.2) is 0 Å². The molecule has 0 amide bonds. The lowest BCUT2D eigenvalue weighted by atomic mass is 10.7. The Balaban J connectivity index is 2.00. The fourth-order valence-corrected chi connectivity index (χ4v) is 3.19. The summed E-state index contributed by atoms with van der Waals surface area (Å²) in [4.78, 5) is 25.9. The van der Waals surface area contributed by atoms with Crippen LogP contribution in [0.3, 0.4) is 0 Å². The molecule has 0 aliphatic heterocycles. The molecule has 0 aliphatic carbocycles. The second kappa shape index (κ2) is 5.10. The number of aromatic nitrogens is 6. The molecule has 21 heavy (non-hydrogen) atoms. The average Bonchev–Trinajstić information content (AvgIpc) is 3.05. The van der Waals surface area contributed by atoms with Gasteiger partial charge in [0.05, 0.1) is 0 Å². The van der Waals surface area contributed by atoms with Gasteiger partial charge >= 0.3 is 11.8 Å². The van der Waals surface area contributed by atoms with Crippen LogP contribution >= 0.6 is 23.1 Å². The molecule has 0 saturated heterocycles. The van der Waals surface area contributed by atoms with Crippen molar-refractivity contribution in [2.24, 2.45) is 0 Å². The normalized spacial score (nSPS) is 11.0. The van der Waals surface area contributed by atoms with Crippen molar-refractivity contribution in [1.82, 2.24) is 29.6 Å². The van der Waals surface area contributed by atoms with Gasteiger partial charge < -0.3 is 15.2 Å². The predicted octanol–water partition coefficient (Wildman–Crippen LogP) is 0.526. The van der Waals surface area contributed by atoms with Gasteiger partial charge in [-0.05, 0) is 27.1 Å². The molecule has 0 unspecified atom stereocenters. The van der Waals surface area contributed by atoms with E-state index in [0.717, 1.165) is 16.4 Å². The number of carboxylic acids is 1. The zero-order valence-corrected chi connectivity index (χ0v) is 11.6. The van der Waals surface area contributed by atoms with Gasteiger partial charge in [0.25, 0.3) is 4.96 Å². The summed E-state index contributed by atoms with van der Waals surface area (Å²) in [6, 6.07) is 0. The fraction of sp³-hybridized carbons (Fsp3) is 0.125. The lowest BCUT2D eigenvalue weighted by molar-refractivity contribution is -0.393. The highest BCUT2D eigenvalue weighted by Gasteiger charge is 2.26. The van der Waals surface area contributed by atoms with Gasteiger partial charge in [-0.1, -0.05) is 11.3 Å². The number of thiazole rings is 1. The molecule has 13 heteroatoms. The van der Waals surface area contributed by atoms with Crippen LogP contribution in [0.1, 0.15) is 0 Å². The first-order valence-corrected chi connectivity index (χ1v) is 7.01. The molecule has 3 aromatic heterocycles. The minimum absolute atomic E-state index is 0.105. The number of nitro groups is 1. The van der Waals surface area contributed by atoms with E-state index in [0.29, 0.717) is 4.96 Å². The van der Waals surface area contributed by atoms with E-state index in [2.05, 4.69) is 20.5 Å². The highest BCUT2D eigenvalue weighted by Crippen LogP contribution is 2.34. The van der Waals surface area contributed by atoms with Crippen molar-refractivity contribution in [3.63, 3.8) is 0 Å². The average molecular weight is 327 g/mol. The third-order valence-electron chi connectivity index (χ3n) is 2.35. The van der Waals surface area contributed by atoms with Crippen molar-refractivity contribution in [2.75, 3.05) is 0 Å². The van der Waals surface area contributed by atoms with E-state index >= 15 is 0 Å². The van der Waals surface area contributed by atoms with Crippen LogP contribution in [0.15, 0.2) is 21.8 Å². The van der Waals surface area contributed by atoms with Gasteiger partial charge in [0.2, 0.25) is 10.2 Å². The van der Waals surface area contributed by atoms with Crippen molar-refractivity contribution in [1.29, 1.82) is 0 Å². The first-order valence-electron chi connectivity index (χ1n) is 5.32. The molecule has 108 valence electrons. The summed E-state index contributed by atoms with van der Waals surface area (Å²) >= 11 is 2.09. The first-order chi connectivity index (χ1) is 10.1. The molecule has 0 fully saturated rings. The molecule has 0 bridgehead atoms. The molecule has 0 spiro atoms. The van der Waals surface area contributed by atoms with E-state index in [9.17, 15) is 14.9 Å².